The van der Waals surface area contributed by atoms with Crippen LogP contribution in [0.25, 0.3) is 0 Å². The summed E-state index contributed by atoms with van der Waals surface area (Å²) in [7, 11) is -3.15. The van der Waals surface area contributed by atoms with E-state index in [-0.39, 0.29) is 11.9 Å². The summed E-state index contributed by atoms with van der Waals surface area (Å²) in [5.41, 5.74) is 0. The van der Waals surface area contributed by atoms with Gasteiger partial charge in [0.05, 0.1) is 11.1 Å². The topological polar surface area (TPSA) is 75.3 Å². The lowest BCUT2D eigenvalue weighted by Crippen LogP contribution is -2.35. The molecule has 1 rings (SSSR count). The third-order valence-corrected chi connectivity index (χ3v) is 4.85. The van der Waals surface area contributed by atoms with Crippen LogP contribution in [-0.4, -0.2) is 33.2 Å². The molecule has 0 aliphatic heterocycles. The van der Waals surface area contributed by atoms with Crippen molar-refractivity contribution in [1.29, 1.82) is 0 Å². The third-order valence-electron chi connectivity index (χ3n) is 2.98. The summed E-state index contributed by atoms with van der Waals surface area (Å²) in [6.45, 7) is 6.44. The summed E-state index contributed by atoms with van der Waals surface area (Å²) < 4.78 is 24.3. The number of carbonyl (C=O) groups is 1. The van der Waals surface area contributed by atoms with Crippen LogP contribution in [0.2, 0.25) is 0 Å². The average molecular weight is 318 g/mol. The molecule has 0 radical (unpaired) electrons. The van der Waals surface area contributed by atoms with Crippen LogP contribution in [0.4, 0.5) is 0 Å². The highest BCUT2D eigenvalue weighted by Crippen LogP contribution is 2.17. The van der Waals surface area contributed by atoms with E-state index in [0.29, 0.717) is 23.8 Å². The van der Waals surface area contributed by atoms with Gasteiger partial charge in [0, 0.05) is 17.5 Å². The molecule has 1 heterocycles. The second-order valence-corrected chi connectivity index (χ2v) is 8.19. The van der Waals surface area contributed by atoms with Gasteiger partial charge in [-0.25, -0.2) is 13.1 Å². The van der Waals surface area contributed by atoms with Gasteiger partial charge in [0.1, 0.15) is 0 Å². The molecule has 0 bridgehead atoms. The van der Waals surface area contributed by atoms with Gasteiger partial charge in [-0.2, -0.15) is 0 Å². The van der Waals surface area contributed by atoms with Gasteiger partial charge in [-0.15, -0.1) is 11.3 Å². The second-order valence-electron chi connectivity index (χ2n) is 5.19. The van der Waals surface area contributed by atoms with Crippen molar-refractivity contribution in [2.24, 2.45) is 5.92 Å². The molecule has 0 fully saturated rings. The smallest absolute Gasteiger partial charge is 0.261 e. The molecule has 1 aromatic heterocycles. The van der Waals surface area contributed by atoms with Crippen molar-refractivity contribution in [2.45, 2.75) is 33.2 Å². The van der Waals surface area contributed by atoms with Crippen LogP contribution in [0.5, 0.6) is 0 Å². The van der Waals surface area contributed by atoms with Gasteiger partial charge in [0.15, 0.2) is 0 Å². The van der Waals surface area contributed by atoms with Gasteiger partial charge in [-0.3, -0.25) is 4.79 Å². The first kappa shape index (κ1) is 17.1. The fraction of sp³-hybridized carbons (Fsp3) is 0.615. The number of thiophene rings is 1. The molecule has 0 aliphatic rings. The van der Waals surface area contributed by atoms with Crippen LogP contribution in [0.1, 0.15) is 35.3 Å². The zero-order valence-corrected chi connectivity index (χ0v) is 13.9. The molecule has 7 heteroatoms. The summed E-state index contributed by atoms with van der Waals surface area (Å²) in [6, 6.07) is 3.77. The lowest BCUT2D eigenvalue weighted by Gasteiger charge is -2.16. The van der Waals surface area contributed by atoms with E-state index >= 15 is 0 Å². The number of carbonyl (C=O) groups excluding carboxylic acids is 1. The molecule has 0 aliphatic carbocycles. The molecular weight excluding hydrogens is 296 g/mol. The number of hydrogen-bond acceptors (Lipinski definition) is 4. The first-order chi connectivity index (χ1) is 9.19. The molecule has 1 amide bonds. The maximum absolute atomic E-state index is 12.0. The summed E-state index contributed by atoms with van der Waals surface area (Å²) >= 11 is 1.40. The Labute approximate surface area is 124 Å². The molecule has 5 nitrogen and oxygen atoms in total. The second kappa shape index (κ2) is 7.19. The van der Waals surface area contributed by atoms with Crippen LogP contribution in [0.15, 0.2) is 12.1 Å². The Morgan fingerprint density at radius 2 is 1.95 bits per heavy atom. The van der Waals surface area contributed by atoms with E-state index in [4.69, 9.17) is 0 Å². The van der Waals surface area contributed by atoms with E-state index in [1.54, 1.807) is 6.07 Å². The molecule has 0 spiro atoms. The summed E-state index contributed by atoms with van der Waals surface area (Å²) in [4.78, 5) is 13.6. The van der Waals surface area contributed by atoms with Crippen molar-refractivity contribution in [1.82, 2.24) is 10.0 Å². The monoisotopic (exact) mass is 318 g/mol. The number of hydrogen-bond donors (Lipinski definition) is 2. The zero-order valence-electron chi connectivity index (χ0n) is 12.3. The Hall–Kier alpha value is -0.920. The maximum atomic E-state index is 12.0. The fourth-order valence-electron chi connectivity index (χ4n) is 1.44. The molecule has 0 unspecified atom stereocenters. The number of amides is 1. The Morgan fingerprint density at radius 3 is 2.50 bits per heavy atom. The SMILES string of the molecule is CC(C)[C@@H](C)NC(=O)c1ccc(CCNS(C)(=O)=O)s1. The van der Waals surface area contributed by atoms with Gasteiger partial charge in [0.25, 0.3) is 5.91 Å². The Bertz CT molecular complexity index is 550. The molecule has 0 saturated carbocycles. The molecular formula is C13H22N2O3S2. The minimum absolute atomic E-state index is 0.0708. The van der Waals surface area contributed by atoms with Gasteiger partial charge in [-0.05, 0) is 31.4 Å². The van der Waals surface area contributed by atoms with E-state index in [1.165, 1.54) is 11.3 Å². The highest BCUT2D eigenvalue weighted by molar-refractivity contribution is 7.88. The van der Waals surface area contributed by atoms with Gasteiger partial charge in [-0.1, -0.05) is 13.8 Å². The first-order valence-corrected chi connectivity index (χ1v) is 9.24. The number of rotatable bonds is 7. The Balaban J connectivity index is 2.52. The molecule has 1 atom stereocenters. The molecule has 1 aromatic rings. The summed E-state index contributed by atoms with van der Waals surface area (Å²) in [5.74, 6) is 0.316. The van der Waals surface area contributed by atoms with E-state index in [0.717, 1.165) is 11.1 Å². The van der Waals surface area contributed by atoms with Gasteiger partial charge >= 0.3 is 0 Å². The Kier molecular flexibility index (Phi) is 6.16. The fourth-order valence-corrected chi connectivity index (χ4v) is 2.82. The molecule has 0 saturated heterocycles. The van der Waals surface area contributed by atoms with Crippen LogP contribution in [-0.2, 0) is 16.4 Å². The molecule has 2 N–H and O–H groups in total. The lowest BCUT2D eigenvalue weighted by molar-refractivity contribution is 0.0934. The van der Waals surface area contributed by atoms with E-state index in [1.807, 2.05) is 13.0 Å². The average Bonchev–Trinajstić information content (AvgIpc) is 2.75. The zero-order chi connectivity index (χ0) is 15.3. The highest BCUT2D eigenvalue weighted by Gasteiger charge is 2.14. The first-order valence-electron chi connectivity index (χ1n) is 6.53. The van der Waals surface area contributed by atoms with Gasteiger partial charge < -0.3 is 5.32 Å². The maximum Gasteiger partial charge on any atom is 0.261 e. The predicted molar refractivity (Wildman–Crippen MR) is 82.6 cm³/mol. The van der Waals surface area contributed by atoms with Crippen molar-refractivity contribution in [2.75, 3.05) is 12.8 Å². The standard InChI is InChI=1S/C13H22N2O3S2/c1-9(2)10(3)15-13(16)12-6-5-11(19-12)7-8-14-20(4,17)18/h5-6,9-10,14H,7-8H2,1-4H3,(H,15,16)/t10-/m1/s1. The summed E-state index contributed by atoms with van der Waals surface area (Å²) in [6.07, 6.45) is 1.72. The van der Waals surface area contributed by atoms with E-state index < -0.39 is 10.0 Å². The normalized spacial score (nSPS) is 13.4. The Morgan fingerprint density at radius 1 is 1.30 bits per heavy atom. The minimum atomic E-state index is -3.15. The minimum Gasteiger partial charge on any atom is -0.349 e. The van der Waals surface area contributed by atoms with Crippen LogP contribution < -0.4 is 10.0 Å². The summed E-state index contributed by atoms with van der Waals surface area (Å²) in [5, 5.41) is 2.95. The predicted octanol–water partition coefficient (Wildman–Crippen LogP) is 1.61. The highest BCUT2D eigenvalue weighted by atomic mass is 32.2. The van der Waals surface area contributed by atoms with Crippen molar-refractivity contribution < 1.29 is 13.2 Å². The van der Waals surface area contributed by atoms with Gasteiger partial charge in [0.2, 0.25) is 10.0 Å². The third kappa shape index (κ3) is 6.02. The quantitative estimate of drug-likeness (QED) is 0.802. The lowest BCUT2D eigenvalue weighted by atomic mass is 10.1. The molecule has 0 aromatic carbocycles. The number of nitrogens with one attached hydrogen (secondary N) is 2. The van der Waals surface area contributed by atoms with E-state index in [9.17, 15) is 13.2 Å². The van der Waals surface area contributed by atoms with Crippen LogP contribution in [0, 0.1) is 5.92 Å². The molecule has 20 heavy (non-hydrogen) atoms. The van der Waals surface area contributed by atoms with E-state index in [2.05, 4.69) is 23.9 Å². The number of sulfonamides is 1. The van der Waals surface area contributed by atoms with Crippen molar-refractivity contribution >= 4 is 27.3 Å². The van der Waals surface area contributed by atoms with Crippen molar-refractivity contribution in [3.63, 3.8) is 0 Å². The van der Waals surface area contributed by atoms with Crippen LogP contribution in [0.3, 0.4) is 0 Å². The van der Waals surface area contributed by atoms with Crippen LogP contribution >= 0.6 is 11.3 Å². The largest absolute Gasteiger partial charge is 0.349 e. The van der Waals surface area contributed by atoms with Crippen molar-refractivity contribution in [3.05, 3.63) is 21.9 Å². The van der Waals surface area contributed by atoms with Crippen molar-refractivity contribution in [3.8, 4) is 0 Å². The molecule has 114 valence electrons.